The van der Waals surface area contributed by atoms with Crippen molar-refractivity contribution in [1.29, 1.82) is 0 Å². The average Bonchev–Trinajstić information content (AvgIpc) is 1.98. The fourth-order valence-corrected chi connectivity index (χ4v) is 1.13. The minimum absolute atomic E-state index is 0.108. The van der Waals surface area contributed by atoms with Gasteiger partial charge in [-0.15, -0.1) is 0 Å². The molecule has 0 bridgehead atoms. The van der Waals surface area contributed by atoms with Gasteiger partial charge in [-0.3, -0.25) is 0 Å². The molecule has 2 nitrogen and oxygen atoms in total. The van der Waals surface area contributed by atoms with Crippen LogP contribution in [0.3, 0.4) is 0 Å². The van der Waals surface area contributed by atoms with Gasteiger partial charge >= 0.3 is 0 Å². The molecule has 3 heteroatoms. The highest BCUT2D eigenvalue weighted by atomic mass is 28.3. The van der Waals surface area contributed by atoms with Gasteiger partial charge in [-0.05, 0) is 20.8 Å². The van der Waals surface area contributed by atoms with Gasteiger partial charge in [-0.2, -0.15) is 0 Å². The Morgan fingerprint density at radius 2 is 1.75 bits per heavy atom. The van der Waals surface area contributed by atoms with Crippen LogP contribution in [-0.2, 0) is 9.47 Å². The number of rotatable bonds is 6. The van der Waals surface area contributed by atoms with Gasteiger partial charge in [-0.1, -0.05) is 13.1 Å². The van der Waals surface area contributed by atoms with Gasteiger partial charge in [-0.25, -0.2) is 0 Å². The van der Waals surface area contributed by atoms with Crippen LogP contribution >= 0.6 is 0 Å². The monoisotopic (exact) mass is 190 g/mol. The summed E-state index contributed by atoms with van der Waals surface area (Å²) >= 11 is 0. The van der Waals surface area contributed by atoms with Gasteiger partial charge in [0.1, 0.15) is 0 Å². The molecular formula is C9H22O2Si. The van der Waals surface area contributed by atoms with Crippen molar-refractivity contribution in [2.24, 2.45) is 0 Å². The van der Waals surface area contributed by atoms with Crippen LogP contribution in [0.25, 0.3) is 0 Å². The second-order valence-corrected chi connectivity index (χ2v) is 7.50. The highest BCUT2D eigenvalue weighted by molar-refractivity contribution is 6.58. The van der Waals surface area contributed by atoms with Crippen molar-refractivity contribution in [2.75, 3.05) is 19.8 Å². The standard InChI is InChI=1S/C9H22O2Si/c1-6-10-7-8-11-9(2,3)12(4)5/h12H,6-8H2,1-5H3. The maximum absolute atomic E-state index is 5.73. The van der Waals surface area contributed by atoms with Crippen molar-refractivity contribution in [1.82, 2.24) is 0 Å². The Balaban J connectivity index is 3.47. The molecule has 0 aliphatic heterocycles. The van der Waals surface area contributed by atoms with Gasteiger partial charge in [0.15, 0.2) is 0 Å². The molecule has 0 aliphatic rings. The summed E-state index contributed by atoms with van der Waals surface area (Å²) in [6.07, 6.45) is 0. The summed E-state index contributed by atoms with van der Waals surface area (Å²) in [5.41, 5.74) is 0. The minimum Gasteiger partial charge on any atom is -0.379 e. The quantitative estimate of drug-likeness (QED) is 0.470. The van der Waals surface area contributed by atoms with E-state index in [0.29, 0.717) is 0 Å². The Hall–Kier alpha value is 0.137. The van der Waals surface area contributed by atoms with Crippen molar-refractivity contribution < 1.29 is 9.47 Å². The molecule has 0 spiro atoms. The predicted molar refractivity (Wildman–Crippen MR) is 55.4 cm³/mol. The van der Waals surface area contributed by atoms with Crippen LogP contribution in [0.4, 0.5) is 0 Å². The molecule has 0 rings (SSSR count). The molecule has 0 aromatic rings. The van der Waals surface area contributed by atoms with Crippen molar-refractivity contribution >= 4 is 8.80 Å². The summed E-state index contributed by atoms with van der Waals surface area (Å²) in [6, 6.07) is 0. The lowest BCUT2D eigenvalue weighted by Gasteiger charge is -2.28. The van der Waals surface area contributed by atoms with Gasteiger partial charge in [0.2, 0.25) is 0 Å². The van der Waals surface area contributed by atoms with Crippen LogP contribution < -0.4 is 0 Å². The van der Waals surface area contributed by atoms with Crippen LogP contribution in [0.15, 0.2) is 0 Å². The number of hydrogen-bond donors (Lipinski definition) is 0. The number of hydrogen-bond acceptors (Lipinski definition) is 2. The summed E-state index contributed by atoms with van der Waals surface area (Å²) in [6.45, 7) is 13.2. The molecule has 0 aromatic heterocycles. The molecule has 0 unspecified atom stereocenters. The van der Waals surface area contributed by atoms with E-state index >= 15 is 0 Å². The van der Waals surface area contributed by atoms with Crippen molar-refractivity contribution in [3.05, 3.63) is 0 Å². The molecule has 0 N–H and O–H groups in total. The smallest absolute Gasteiger partial charge is 0.0703 e. The average molecular weight is 190 g/mol. The van der Waals surface area contributed by atoms with E-state index in [9.17, 15) is 0 Å². The first-order chi connectivity index (χ1) is 5.50. The van der Waals surface area contributed by atoms with Crippen molar-refractivity contribution in [3.63, 3.8) is 0 Å². The van der Waals surface area contributed by atoms with Gasteiger partial charge in [0.25, 0.3) is 0 Å². The lowest BCUT2D eigenvalue weighted by Crippen LogP contribution is -2.39. The van der Waals surface area contributed by atoms with E-state index < -0.39 is 8.80 Å². The fourth-order valence-electron chi connectivity index (χ4n) is 0.675. The minimum atomic E-state index is -0.709. The molecule has 0 amide bonds. The second-order valence-electron chi connectivity index (χ2n) is 3.80. The van der Waals surface area contributed by atoms with E-state index in [1.54, 1.807) is 0 Å². The lowest BCUT2D eigenvalue weighted by molar-refractivity contribution is -0.00184. The van der Waals surface area contributed by atoms with Gasteiger partial charge in [0, 0.05) is 11.8 Å². The Kier molecular flexibility index (Phi) is 5.79. The number of ether oxygens (including phenoxy) is 2. The molecule has 0 radical (unpaired) electrons. The van der Waals surface area contributed by atoms with E-state index in [1.165, 1.54) is 0 Å². The normalized spacial score (nSPS) is 12.5. The first-order valence-electron chi connectivity index (χ1n) is 4.72. The third kappa shape index (κ3) is 4.90. The summed E-state index contributed by atoms with van der Waals surface area (Å²) in [5.74, 6) is 0. The molecule has 0 saturated carbocycles. The first kappa shape index (κ1) is 12.1. The van der Waals surface area contributed by atoms with Gasteiger partial charge in [0.05, 0.1) is 22.0 Å². The summed E-state index contributed by atoms with van der Waals surface area (Å²) < 4.78 is 10.9. The van der Waals surface area contributed by atoms with Crippen LogP contribution in [0, 0.1) is 0 Å². The zero-order valence-electron chi connectivity index (χ0n) is 9.02. The van der Waals surface area contributed by atoms with E-state index in [-0.39, 0.29) is 5.22 Å². The molecule has 0 aromatic carbocycles. The van der Waals surface area contributed by atoms with E-state index in [4.69, 9.17) is 9.47 Å². The maximum Gasteiger partial charge on any atom is 0.0703 e. The molecule has 0 atom stereocenters. The molecule has 0 fully saturated rings. The molecule has 0 aliphatic carbocycles. The topological polar surface area (TPSA) is 18.5 Å². The van der Waals surface area contributed by atoms with Crippen LogP contribution in [0.2, 0.25) is 13.1 Å². The summed E-state index contributed by atoms with van der Waals surface area (Å²) in [4.78, 5) is 0. The molecule has 12 heavy (non-hydrogen) atoms. The SMILES string of the molecule is CCOCCOC(C)(C)[SiH](C)C. The highest BCUT2D eigenvalue weighted by Crippen LogP contribution is 2.12. The maximum atomic E-state index is 5.73. The Labute approximate surface area is 77.9 Å². The zero-order chi connectivity index (χ0) is 9.61. The largest absolute Gasteiger partial charge is 0.379 e. The first-order valence-corrected chi connectivity index (χ1v) is 7.61. The van der Waals surface area contributed by atoms with Crippen molar-refractivity contribution in [2.45, 2.75) is 39.1 Å². The summed E-state index contributed by atoms with van der Waals surface area (Å²) in [7, 11) is -0.709. The lowest BCUT2D eigenvalue weighted by atomic mass is 10.4. The second kappa shape index (κ2) is 5.73. The van der Waals surface area contributed by atoms with Gasteiger partial charge < -0.3 is 9.47 Å². The third-order valence-corrected chi connectivity index (χ3v) is 5.24. The molecular weight excluding hydrogens is 168 g/mol. The molecule has 0 saturated heterocycles. The van der Waals surface area contributed by atoms with Crippen molar-refractivity contribution in [3.8, 4) is 0 Å². The predicted octanol–water partition coefficient (Wildman–Crippen LogP) is 1.84. The Bertz CT molecular complexity index is 113. The fraction of sp³-hybridized carbons (Fsp3) is 1.00. The summed E-state index contributed by atoms with van der Waals surface area (Å²) in [5, 5.41) is 0.108. The van der Waals surface area contributed by atoms with E-state index in [0.717, 1.165) is 19.8 Å². The van der Waals surface area contributed by atoms with Crippen LogP contribution in [0.5, 0.6) is 0 Å². The highest BCUT2D eigenvalue weighted by Gasteiger charge is 2.23. The molecule has 74 valence electrons. The van der Waals surface area contributed by atoms with E-state index in [1.807, 2.05) is 6.92 Å². The third-order valence-electron chi connectivity index (χ3n) is 2.30. The van der Waals surface area contributed by atoms with Crippen LogP contribution in [0.1, 0.15) is 20.8 Å². The van der Waals surface area contributed by atoms with Crippen LogP contribution in [-0.4, -0.2) is 33.8 Å². The Morgan fingerprint density at radius 3 is 2.17 bits per heavy atom. The van der Waals surface area contributed by atoms with E-state index in [2.05, 4.69) is 26.9 Å². The zero-order valence-corrected chi connectivity index (χ0v) is 10.2. The Morgan fingerprint density at radius 1 is 1.17 bits per heavy atom. The molecule has 0 heterocycles.